The Morgan fingerprint density at radius 1 is 1.13 bits per heavy atom. The van der Waals surface area contributed by atoms with Crippen molar-refractivity contribution in [1.82, 2.24) is 9.55 Å². The highest BCUT2D eigenvalue weighted by Crippen LogP contribution is 2.20. The first kappa shape index (κ1) is 15.6. The SMILES string of the molecule is Cc1ccc(OCCCn2c(C(C)N)nc3ccccc32)cc1. The third-order valence-corrected chi connectivity index (χ3v) is 3.91. The van der Waals surface area contributed by atoms with Crippen LogP contribution in [0.2, 0.25) is 0 Å². The van der Waals surface area contributed by atoms with Gasteiger partial charge < -0.3 is 15.0 Å². The topological polar surface area (TPSA) is 53.1 Å². The molecule has 1 atom stereocenters. The van der Waals surface area contributed by atoms with Gasteiger partial charge in [-0.15, -0.1) is 0 Å². The maximum absolute atomic E-state index is 6.07. The summed E-state index contributed by atoms with van der Waals surface area (Å²) >= 11 is 0. The molecule has 0 saturated heterocycles. The Bertz CT molecular complexity index is 775. The van der Waals surface area contributed by atoms with Crippen molar-refractivity contribution in [2.24, 2.45) is 5.73 Å². The van der Waals surface area contributed by atoms with Crippen LogP contribution >= 0.6 is 0 Å². The molecule has 0 saturated carbocycles. The molecule has 1 unspecified atom stereocenters. The Hall–Kier alpha value is -2.33. The van der Waals surface area contributed by atoms with Gasteiger partial charge in [0.2, 0.25) is 0 Å². The molecule has 0 aliphatic heterocycles. The number of hydrogen-bond acceptors (Lipinski definition) is 3. The van der Waals surface area contributed by atoms with Gasteiger partial charge in [-0.1, -0.05) is 29.8 Å². The van der Waals surface area contributed by atoms with Gasteiger partial charge in [0.15, 0.2) is 0 Å². The quantitative estimate of drug-likeness (QED) is 0.704. The molecule has 2 N–H and O–H groups in total. The highest BCUT2D eigenvalue weighted by atomic mass is 16.5. The molecule has 2 aromatic carbocycles. The van der Waals surface area contributed by atoms with Crippen molar-refractivity contribution in [2.45, 2.75) is 32.9 Å². The second kappa shape index (κ2) is 6.84. The van der Waals surface area contributed by atoms with Crippen LogP contribution in [-0.4, -0.2) is 16.2 Å². The van der Waals surface area contributed by atoms with Gasteiger partial charge in [-0.3, -0.25) is 0 Å². The summed E-state index contributed by atoms with van der Waals surface area (Å²) in [5.41, 5.74) is 9.45. The zero-order valence-electron chi connectivity index (χ0n) is 13.7. The fraction of sp³-hybridized carbons (Fsp3) is 0.316. The Morgan fingerprint density at radius 2 is 1.87 bits per heavy atom. The van der Waals surface area contributed by atoms with Gasteiger partial charge in [-0.2, -0.15) is 0 Å². The number of nitrogens with zero attached hydrogens (tertiary/aromatic N) is 2. The lowest BCUT2D eigenvalue weighted by Gasteiger charge is -2.12. The molecule has 3 aromatic rings. The monoisotopic (exact) mass is 309 g/mol. The normalized spacial score (nSPS) is 12.5. The molecule has 0 radical (unpaired) electrons. The van der Waals surface area contributed by atoms with Gasteiger partial charge in [0.25, 0.3) is 0 Å². The molecular formula is C19H23N3O. The summed E-state index contributed by atoms with van der Waals surface area (Å²) < 4.78 is 8.01. The first-order valence-corrected chi connectivity index (χ1v) is 8.05. The highest BCUT2D eigenvalue weighted by molar-refractivity contribution is 5.76. The van der Waals surface area contributed by atoms with E-state index in [1.807, 2.05) is 37.3 Å². The minimum Gasteiger partial charge on any atom is -0.494 e. The van der Waals surface area contributed by atoms with Crippen LogP contribution in [0.3, 0.4) is 0 Å². The molecule has 0 amide bonds. The van der Waals surface area contributed by atoms with Crippen molar-refractivity contribution >= 4 is 11.0 Å². The lowest BCUT2D eigenvalue weighted by atomic mass is 10.2. The Labute approximate surface area is 136 Å². The van der Waals surface area contributed by atoms with E-state index in [0.717, 1.165) is 35.6 Å². The highest BCUT2D eigenvalue weighted by Gasteiger charge is 2.13. The number of aryl methyl sites for hydroxylation is 2. The molecule has 0 fully saturated rings. The third kappa shape index (κ3) is 3.54. The number of fused-ring (bicyclic) bond motifs is 1. The summed E-state index contributed by atoms with van der Waals surface area (Å²) in [6, 6.07) is 16.2. The fourth-order valence-corrected chi connectivity index (χ4v) is 2.72. The molecule has 1 aromatic heterocycles. The molecular weight excluding hydrogens is 286 g/mol. The number of aromatic nitrogens is 2. The third-order valence-electron chi connectivity index (χ3n) is 3.91. The second-order valence-electron chi connectivity index (χ2n) is 5.91. The van der Waals surface area contributed by atoms with Crippen LogP contribution in [0.5, 0.6) is 5.75 Å². The van der Waals surface area contributed by atoms with Gasteiger partial charge in [-0.05, 0) is 44.5 Å². The van der Waals surface area contributed by atoms with E-state index < -0.39 is 0 Å². The predicted octanol–water partition coefficient (Wildman–Crippen LogP) is 3.83. The predicted molar refractivity (Wildman–Crippen MR) is 93.6 cm³/mol. The van der Waals surface area contributed by atoms with Gasteiger partial charge in [0.05, 0.1) is 23.7 Å². The van der Waals surface area contributed by atoms with Crippen molar-refractivity contribution in [3.8, 4) is 5.75 Å². The van der Waals surface area contributed by atoms with Crippen LogP contribution in [0, 0.1) is 6.92 Å². The second-order valence-corrected chi connectivity index (χ2v) is 5.91. The Balaban J connectivity index is 1.66. The van der Waals surface area contributed by atoms with Crippen LogP contribution in [0.1, 0.15) is 30.8 Å². The first-order valence-electron chi connectivity index (χ1n) is 8.05. The van der Waals surface area contributed by atoms with Crippen LogP contribution in [0.25, 0.3) is 11.0 Å². The minimum atomic E-state index is -0.0829. The lowest BCUT2D eigenvalue weighted by molar-refractivity contribution is 0.301. The van der Waals surface area contributed by atoms with E-state index in [-0.39, 0.29) is 6.04 Å². The summed E-state index contributed by atoms with van der Waals surface area (Å²) in [7, 11) is 0. The number of nitrogens with two attached hydrogens (primary N) is 1. The standard InChI is InChI=1S/C19H23N3O/c1-14-8-10-16(11-9-14)23-13-5-12-22-18-7-4-3-6-17(18)21-19(22)15(2)20/h3-4,6-11,15H,5,12-13,20H2,1-2H3. The van der Waals surface area contributed by atoms with Crippen LogP contribution in [0.4, 0.5) is 0 Å². The van der Waals surface area contributed by atoms with Crippen molar-refractivity contribution in [2.75, 3.05) is 6.61 Å². The maximum atomic E-state index is 6.07. The summed E-state index contributed by atoms with van der Waals surface area (Å²) in [4.78, 5) is 4.66. The molecule has 23 heavy (non-hydrogen) atoms. The minimum absolute atomic E-state index is 0.0829. The van der Waals surface area contributed by atoms with E-state index in [0.29, 0.717) is 6.61 Å². The van der Waals surface area contributed by atoms with Crippen LogP contribution < -0.4 is 10.5 Å². The average Bonchev–Trinajstić information content (AvgIpc) is 2.92. The molecule has 0 spiro atoms. The van der Waals surface area contributed by atoms with Crippen molar-refractivity contribution in [3.63, 3.8) is 0 Å². The van der Waals surface area contributed by atoms with E-state index in [1.54, 1.807) is 0 Å². The summed E-state index contributed by atoms with van der Waals surface area (Å²) in [6.45, 7) is 5.57. The molecule has 3 rings (SSSR count). The Kier molecular flexibility index (Phi) is 4.63. The molecule has 0 aliphatic rings. The van der Waals surface area contributed by atoms with E-state index in [9.17, 15) is 0 Å². The molecule has 0 bridgehead atoms. The van der Waals surface area contributed by atoms with Crippen LogP contribution in [-0.2, 0) is 6.54 Å². The van der Waals surface area contributed by atoms with E-state index in [1.165, 1.54) is 5.56 Å². The van der Waals surface area contributed by atoms with E-state index in [4.69, 9.17) is 10.5 Å². The van der Waals surface area contributed by atoms with Gasteiger partial charge in [-0.25, -0.2) is 4.98 Å². The van der Waals surface area contributed by atoms with Crippen molar-refractivity contribution in [1.29, 1.82) is 0 Å². The summed E-state index contributed by atoms with van der Waals surface area (Å²) in [5, 5.41) is 0. The number of benzene rings is 2. The van der Waals surface area contributed by atoms with Gasteiger partial charge in [0.1, 0.15) is 11.6 Å². The number of para-hydroxylation sites is 2. The van der Waals surface area contributed by atoms with E-state index >= 15 is 0 Å². The average molecular weight is 309 g/mol. The Morgan fingerprint density at radius 3 is 2.61 bits per heavy atom. The number of rotatable bonds is 6. The number of imidazole rings is 1. The molecule has 4 nitrogen and oxygen atoms in total. The summed E-state index contributed by atoms with van der Waals surface area (Å²) in [5.74, 6) is 1.85. The van der Waals surface area contributed by atoms with Gasteiger partial charge in [0, 0.05) is 6.54 Å². The first-order chi connectivity index (χ1) is 11.1. The number of hydrogen-bond donors (Lipinski definition) is 1. The molecule has 1 heterocycles. The van der Waals surface area contributed by atoms with Crippen LogP contribution in [0.15, 0.2) is 48.5 Å². The summed E-state index contributed by atoms with van der Waals surface area (Å²) in [6.07, 6.45) is 0.911. The van der Waals surface area contributed by atoms with Crippen molar-refractivity contribution < 1.29 is 4.74 Å². The lowest BCUT2D eigenvalue weighted by Crippen LogP contribution is -2.14. The van der Waals surface area contributed by atoms with E-state index in [2.05, 4.69) is 34.7 Å². The zero-order valence-corrected chi connectivity index (χ0v) is 13.7. The molecule has 120 valence electrons. The number of ether oxygens (including phenoxy) is 1. The largest absolute Gasteiger partial charge is 0.494 e. The molecule has 4 heteroatoms. The zero-order chi connectivity index (χ0) is 16.2. The maximum Gasteiger partial charge on any atom is 0.126 e. The van der Waals surface area contributed by atoms with Gasteiger partial charge >= 0.3 is 0 Å². The fourth-order valence-electron chi connectivity index (χ4n) is 2.72. The molecule has 0 aliphatic carbocycles. The van der Waals surface area contributed by atoms with Crippen molar-refractivity contribution in [3.05, 3.63) is 59.9 Å². The smallest absolute Gasteiger partial charge is 0.126 e.